The van der Waals surface area contributed by atoms with Gasteiger partial charge in [-0.05, 0) is 54.7 Å². The maximum absolute atomic E-state index is 12.8. The van der Waals surface area contributed by atoms with Crippen molar-refractivity contribution in [2.45, 2.75) is 25.7 Å². The molecule has 0 heterocycles. The molecule has 0 aliphatic carbocycles. The van der Waals surface area contributed by atoms with Crippen molar-refractivity contribution in [1.82, 2.24) is 5.32 Å². The summed E-state index contributed by atoms with van der Waals surface area (Å²) in [6.07, 6.45) is 2.60. The molecule has 0 saturated carbocycles. The number of carbonyl (C=O) groups excluding carboxylic acids is 1. The van der Waals surface area contributed by atoms with Crippen LogP contribution in [0.1, 0.15) is 24.0 Å². The lowest BCUT2D eigenvalue weighted by molar-refractivity contribution is -0.121. The molecule has 0 radical (unpaired) electrons. The van der Waals surface area contributed by atoms with Crippen molar-refractivity contribution < 1.29 is 9.18 Å². The third-order valence-corrected chi connectivity index (χ3v) is 4.10. The zero-order chi connectivity index (χ0) is 16.7. The molecule has 5 heteroatoms. The molecule has 122 valence electrons. The van der Waals surface area contributed by atoms with Gasteiger partial charge in [0.15, 0.2) is 0 Å². The molecule has 0 aliphatic rings. The molecule has 1 amide bonds. The van der Waals surface area contributed by atoms with Crippen LogP contribution >= 0.6 is 23.2 Å². The quantitative estimate of drug-likeness (QED) is 0.710. The molecule has 0 aromatic heterocycles. The predicted octanol–water partition coefficient (Wildman–Crippen LogP) is 4.81. The van der Waals surface area contributed by atoms with Crippen LogP contribution in [-0.2, 0) is 17.6 Å². The third-order valence-electron chi connectivity index (χ3n) is 3.51. The van der Waals surface area contributed by atoms with Crippen molar-refractivity contribution in [2.75, 3.05) is 6.54 Å². The van der Waals surface area contributed by atoms with Gasteiger partial charge in [-0.15, -0.1) is 0 Å². The third kappa shape index (κ3) is 6.20. The lowest BCUT2D eigenvalue weighted by atomic mass is 10.1. The van der Waals surface area contributed by atoms with Crippen molar-refractivity contribution in [2.24, 2.45) is 0 Å². The average molecular weight is 354 g/mol. The number of nitrogens with one attached hydrogen (secondary N) is 1. The summed E-state index contributed by atoms with van der Waals surface area (Å²) in [6, 6.07) is 11.7. The van der Waals surface area contributed by atoms with E-state index in [0.29, 0.717) is 29.4 Å². The van der Waals surface area contributed by atoms with E-state index in [1.54, 1.807) is 24.3 Å². The van der Waals surface area contributed by atoms with Crippen LogP contribution < -0.4 is 5.32 Å². The average Bonchev–Trinajstić information content (AvgIpc) is 2.52. The first-order valence-electron chi connectivity index (χ1n) is 7.49. The van der Waals surface area contributed by atoms with Gasteiger partial charge >= 0.3 is 0 Å². The Labute approximate surface area is 145 Å². The Bertz CT molecular complexity index is 659. The topological polar surface area (TPSA) is 29.1 Å². The van der Waals surface area contributed by atoms with Crippen LogP contribution in [0.3, 0.4) is 0 Å². The van der Waals surface area contributed by atoms with Crippen molar-refractivity contribution >= 4 is 29.1 Å². The highest BCUT2D eigenvalue weighted by molar-refractivity contribution is 6.35. The van der Waals surface area contributed by atoms with Crippen molar-refractivity contribution in [1.29, 1.82) is 0 Å². The van der Waals surface area contributed by atoms with E-state index in [4.69, 9.17) is 23.2 Å². The molecular weight excluding hydrogens is 336 g/mol. The largest absolute Gasteiger partial charge is 0.356 e. The second-order valence-corrected chi connectivity index (χ2v) is 6.16. The Morgan fingerprint density at radius 3 is 2.48 bits per heavy atom. The van der Waals surface area contributed by atoms with Gasteiger partial charge in [-0.3, -0.25) is 4.79 Å². The Kier molecular flexibility index (Phi) is 6.87. The van der Waals surface area contributed by atoms with E-state index in [0.717, 1.165) is 24.0 Å². The van der Waals surface area contributed by atoms with E-state index >= 15 is 0 Å². The zero-order valence-electron chi connectivity index (χ0n) is 12.6. The highest BCUT2D eigenvalue weighted by Gasteiger charge is 2.05. The molecule has 0 spiro atoms. The van der Waals surface area contributed by atoms with Gasteiger partial charge in [0.2, 0.25) is 5.91 Å². The molecule has 0 fully saturated rings. The van der Waals surface area contributed by atoms with E-state index in [-0.39, 0.29) is 11.7 Å². The lowest BCUT2D eigenvalue weighted by Gasteiger charge is -2.07. The first-order valence-corrected chi connectivity index (χ1v) is 8.25. The monoisotopic (exact) mass is 353 g/mol. The molecule has 0 unspecified atom stereocenters. The molecule has 0 bridgehead atoms. The minimum absolute atomic E-state index is 0.00452. The number of rotatable bonds is 7. The summed E-state index contributed by atoms with van der Waals surface area (Å²) in [5.41, 5.74) is 1.98. The second kappa shape index (κ2) is 8.90. The van der Waals surface area contributed by atoms with Crippen LogP contribution in [0.4, 0.5) is 4.39 Å². The van der Waals surface area contributed by atoms with E-state index in [1.807, 2.05) is 6.07 Å². The van der Waals surface area contributed by atoms with Crippen LogP contribution in [0, 0.1) is 5.82 Å². The first-order chi connectivity index (χ1) is 11.0. The predicted molar refractivity (Wildman–Crippen MR) is 92.5 cm³/mol. The summed E-state index contributed by atoms with van der Waals surface area (Å²) in [7, 11) is 0. The summed E-state index contributed by atoms with van der Waals surface area (Å²) >= 11 is 11.9. The van der Waals surface area contributed by atoms with E-state index in [1.165, 1.54) is 12.1 Å². The first kappa shape index (κ1) is 17.8. The number of benzene rings is 2. The summed E-state index contributed by atoms with van der Waals surface area (Å²) < 4.78 is 12.8. The Morgan fingerprint density at radius 2 is 1.78 bits per heavy atom. The second-order valence-electron chi connectivity index (χ2n) is 5.32. The lowest BCUT2D eigenvalue weighted by Crippen LogP contribution is -2.25. The van der Waals surface area contributed by atoms with E-state index in [2.05, 4.69) is 5.32 Å². The Balaban J connectivity index is 1.66. The van der Waals surface area contributed by atoms with Gasteiger partial charge in [-0.1, -0.05) is 41.4 Å². The van der Waals surface area contributed by atoms with Gasteiger partial charge in [0, 0.05) is 23.0 Å². The molecule has 1 N–H and O–H groups in total. The molecule has 23 heavy (non-hydrogen) atoms. The highest BCUT2D eigenvalue weighted by Crippen LogP contribution is 2.21. The normalized spacial score (nSPS) is 10.6. The molecule has 2 aromatic carbocycles. The molecule has 2 aromatic rings. The molecular formula is C18H18Cl2FNO. The van der Waals surface area contributed by atoms with E-state index < -0.39 is 0 Å². The van der Waals surface area contributed by atoms with E-state index in [9.17, 15) is 9.18 Å². The van der Waals surface area contributed by atoms with Gasteiger partial charge in [0.05, 0.1) is 0 Å². The number of carbonyl (C=O) groups is 1. The summed E-state index contributed by atoms with van der Waals surface area (Å²) in [6.45, 7) is 0.602. The molecule has 2 rings (SSSR count). The number of amides is 1. The maximum Gasteiger partial charge on any atom is 0.220 e. The molecule has 0 saturated heterocycles. The number of aryl methyl sites for hydroxylation is 2. The van der Waals surface area contributed by atoms with Crippen LogP contribution in [0.2, 0.25) is 10.0 Å². The molecule has 0 atom stereocenters. The van der Waals surface area contributed by atoms with Crippen LogP contribution in [0.15, 0.2) is 42.5 Å². The Morgan fingerprint density at radius 1 is 1.04 bits per heavy atom. The maximum atomic E-state index is 12.8. The van der Waals surface area contributed by atoms with Crippen molar-refractivity contribution in [3.05, 3.63) is 69.5 Å². The van der Waals surface area contributed by atoms with Crippen LogP contribution in [-0.4, -0.2) is 12.5 Å². The van der Waals surface area contributed by atoms with Crippen molar-refractivity contribution in [3.63, 3.8) is 0 Å². The SMILES string of the molecule is O=C(CCc1ccc(Cl)cc1Cl)NCCCc1ccc(F)cc1. The van der Waals surface area contributed by atoms with Gasteiger partial charge in [0.1, 0.15) is 5.82 Å². The Hall–Kier alpha value is -1.58. The number of hydrogen-bond acceptors (Lipinski definition) is 1. The standard InChI is InChI=1S/C18H18Cl2FNO/c19-15-7-5-14(17(20)12-15)6-10-18(23)22-11-1-2-13-3-8-16(21)9-4-13/h3-5,7-9,12H,1-2,6,10-11H2,(H,22,23). The fourth-order valence-electron chi connectivity index (χ4n) is 2.23. The van der Waals surface area contributed by atoms with Gasteiger partial charge in [0.25, 0.3) is 0 Å². The molecule has 2 nitrogen and oxygen atoms in total. The summed E-state index contributed by atoms with van der Waals surface area (Å²) in [5.74, 6) is -0.238. The zero-order valence-corrected chi connectivity index (χ0v) is 14.1. The summed E-state index contributed by atoms with van der Waals surface area (Å²) in [4.78, 5) is 11.8. The summed E-state index contributed by atoms with van der Waals surface area (Å²) in [5, 5.41) is 4.06. The minimum atomic E-state index is -0.233. The fourth-order valence-corrected chi connectivity index (χ4v) is 2.74. The van der Waals surface area contributed by atoms with Gasteiger partial charge < -0.3 is 5.32 Å². The van der Waals surface area contributed by atoms with Crippen molar-refractivity contribution in [3.8, 4) is 0 Å². The van der Waals surface area contributed by atoms with Gasteiger partial charge in [-0.25, -0.2) is 4.39 Å². The molecule has 0 aliphatic heterocycles. The smallest absolute Gasteiger partial charge is 0.220 e. The van der Waals surface area contributed by atoms with Crippen LogP contribution in [0.5, 0.6) is 0 Å². The number of halogens is 3. The highest BCUT2D eigenvalue weighted by atomic mass is 35.5. The van der Waals surface area contributed by atoms with Crippen LogP contribution in [0.25, 0.3) is 0 Å². The van der Waals surface area contributed by atoms with Gasteiger partial charge in [-0.2, -0.15) is 0 Å². The minimum Gasteiger partial charge on any atom is -0.356 e. The number of hydrogen-bond donors (Lipinski definition) is 1. The fraction of sp³-hybridized carbons (Fsp3) is 0.278.